The molecule has 0 heterocycles. The number of hydrogen-bond acceptors (Lipinski definition) is 7. The van der Waals surface area contributed by atoms with E-state index in [2.05, 4.69) is 9.46 Å². The van der Waals surface area contributed by atoms with Crippen molar-refractivity contribution >= 4 is 21.7 Å². The molecule has 130 valence electrons. The molecule has 9 heteroatoms. The monoisotopic (exact) mass is 347 g/mol. The second-order valence-corrected chi connectivity index (χ2v) is 6.47. The lowest BCUT2D eigenvalue weighted by atomic mass is 10.2. The van der Waals surface area contributed by atoms with E-state index in [0.29, 0.717) is 0 Å². The highest BCUT2D eigenvalue weighted by molar-refractivity contribution is 7.92. The van der Waals surface area contributed by atoms with Crippen LogP contribution in [-0.2, 0) is 19.5 Å². The zero-order chi connectivity index (χ0) is 17.5. The van der Waals surface area contributed by atoms with Crippen molar-refractivity contribution in [2.45, 2.75) is 13.0 Å². The minimum Gasteiger partial charge on any atom is -0.489 e. The van der Waals surface area contributed by atoms with Gasteiger partial charge in [-0.25, -0.2) is 13.2 Å². The lowest BCUT2D eigenvalue weighted by Crippen LogP contribution is -2.25. The first-order valence-corrected chi connectivity index (χ1v) is 8.47. The zero-order valence-corrected chi connectivity index (χ0v) is 14.1. The summed E-state index contributed by atoms with van der Waals surface area (Å²) in [5.74, 6) is -0.696. The molecule has 0 aliphatic carbocycles. The zero-order valence-electron chi connectivity index (χ0n) is 13.2. The third-order valence-electron chi connectivity index (χ3n) is 2.87. The average molecular weight is 347 g/mol. The molecule has 0 aromatic heterocycles. The highest BCUT2D eigenvalue weighted by atomic mass is 32.2. The van der Waals surface area contributed by atoms with Gasteiger partial charge < -0.3 is 19.3 Å². The van der Waals surface area contributed by atoms with Crippen LogP contribution < -0.4 is 9.46 Å². The normalized spacial score (nSPS) is 12.5. The van der Waals surface area contributed by atoms with E-state index < -0.39 is 22.1 Å². The summed E-state index contributed by atoms with van der Waals surface area (Å²) in [6, 6.07) is 4.16. The van der Waals surface area contributed by atoms with Gasteiger partial charge in [-0.1, -0.05) is 0 Å². The molecular formula is C14H21NO7S. The summed E-state index contributed by atoms with van der Waals surface area (Å²) in [5.41, 5.74) is 0.364. The molecule has 1 aromatic rings. The largest absolute Gasteiger partial charge is 0.489 e. The van der Waals surface area contributed by atoms with Gasteiger partial charge in [0, 0.05) is 7.11 Å². The number of aliphatic hydroxyl groups excluding tert-OH is 1. The molecule has 0 radical (unpaired) electrons. The molecule has 0 unspecified atom stereocenters. The number of aliphatic hydroxyl groups is 1. The molecule has 0 saturated carbocycles. The van der Waals surface area contributed by atoms with Gasteiger partial charge in [-0.15, -0.1) is 0 Å². The molecule has 1 aromatic carbocycles. The molecular weight excluding hydrogens is 326 g/mol. The van der Waals surface area contributed by atoms with Gasteiger partial charge in [-0.3, -0.25) is 4.72 Å². The topological polar surface area (TPSA) is 111 Å². The fourth-order valence-corrected chi connectivity index (χ4v) is 3.05. The Kier molecular flexibility index (Phi) is 7.27. The first kappa shape index (κ1) is 19.2. The number of carbonyl (C=O) groups is 1. The van der Waals surface area contributed by atoms with Crippen molar-refractivity contribution in [2.75, 3.05) is 37.9 Å². The minimum absolute atomic E-state index is 0.0478. The molecule has 0 aliphatic rings. The van der Waals surface area contributed by atoms with E-state index in [1.165, 1.54) is 32.4 Å². The van der Waals surface area contributed by atoms with Crippen molar-refractivity contribution in [1.29, 1.82) is 0 Å². The van der Waals surface area contributed by atoms with Crippen LogP contribution in [0.3, 0.4) is 0 Å². The van der Waals surface area contributed by atoms with Crippen LogP contribution in [0.4, 0.5) is 5.69 Å². The summed E-state index contributed by atoms with van der Waals surface area (Å²) < 4.78 is 41.4. The second kappa shape index (κ2) is 8.70. The number of carbonyl (C=O) groups excluding carboxylic acids is 1. The highest BCUT2D eigenvalue weighted by Crippen LogP contribution is 2.27. The van der Waals surface area contributed by atoms with Gasteiger partial charge in [0.25, 0.3) is 0 Å². The predicted octanol–water partition coefficient (Wildman–Crippen LogP) is 0.621. The van der Waals surface area contributed by atoms with Crippen LogP contribution in [0.5, 0.6) is 5.75 Å². The van der Waals surface area contributed by atoms with Crippen LogP contribution in [0.2, 0.25) is 0 Å². The molecule has 0 spiro atoms. The predicted molar refractivity (Wildman–Crippen MR) is 84.2 cm³/mol. The summed E-state index contributed by atoms with van der Waals surface area (Å²) in [6.45, 7) is 1.33. The number of ether oxygens (including phenoxy) is 3. The molecule has 8 nitrogen and oxygen atoms in total. The van der Waals surface area contributed by atoms with E-state index in [1.54, 1.807) is 6.92 Å². The van der Waals surface area contributed by atoms with E-state index in [4.69, 9.17) is 14.6 Å². The van der Waals surface area contributed by atoms with Gasteiger partial charge in [-0.05, 0) is 25.1 Å². The van der Waals surface area contributed by atoms with Crippen molar-refractivity contribution in [2.24, 2.45) is 0 Å². The summed E-state index contributed by atoms with van der Waals surface area (Å²) in [4.78, 5) is 11.5. The summed E-state index contributed by atoms with van der Waals surface area (Å²) >= 11 is 0. The quantitative estimate of drug-likeness (QED) is 0.630. The van der Waals surface area contributed by atoms with Crippen molar-refractivity contribution < 1.29 is 32.5 Å². The molecule has 0 bridgehead atoms. The van der Waals surface area contributed by atoms with Gasteiger partial charge in [-0.2, -0.15) is 0 Å². The Bertz CT molecular complexity index is 630. The molecule has 0 saturated heterocycles. The number of esters is 1. The number of methoxy groups -OCH3 is 2. The van der Waals surface area contributed by atoms with E-state index in [0.717, 1.165) is 0 Å². The van der Waals surface area contributed by atoms with Crippen molar-refractivity contribution in [3.05, 3.63) is 23.8 Å². The van der Waals surface area contributed by atoms with Crippen molar-refractivity contribution in [3.8, 4) is 5.75 Å². The molecule has 2 N–H and O–H groups in total. The Labute approximate surface area is 135 Å². The van der Waals surface area contributed by atoms with E-state index in [1.807, 2.05) is 0 Å². The molecule has 0 aliphatic heterocycles. The standard InChI is InChI=1S/C14H21NO7S/c1-10(20-2)9-23(18,19)15-12-5-4-11(14(17)21-3)8-13(12)22-7-6-16/h4-5,8,10,15-16H,6-7,9H2,1-3H3/t10-/m1/s1. The Hall–Kier alpha value is -1.84. The summed E-state index contributed by atoms with van der Waals surface area (Å²) in [5, 5.41) is 8.85. The number of nitrogens with one attached hydrogen (secondary N) is 1. The van der Waals surface area contributed by atoms with Gasteiger partial charge in [0.05, 0.1) is 36.8 Å². The van der Waals surface area contributed by atoms with Gasteiger partial charge in [0.1, 0.15) is 12.4 Å². The first-order chi connectivity index (χ1) is 10.8. The highest BCUT2D eigenvalue weighted by Gasteiger charge is 2.19. The number of sulfonamides is 1. The van der Waals surface area contributed by atoms with Crippen LogP contribution >= 0.6 is 0 Å². The maximum atomic E-state index is 12.1. The summed E-state index contributed by atoms with van der Waals surface area (Å²) in [7, 11) is -1.01. The van der Waals surface area contributed by atoms with Crippen LogP contribution in [0.25, 0.3) is 0 Å². The fourth-order valence-electron chi connectivity index (χ4n) is 1.71. The smallest absolute Gasteiger partial charge is 0.337 e. The van der Waals surface area contributed by atoms with Crippen LogP contribution in [-0.4, -0.2) is 58.8 Å². The van der Waals surface area contributed by atoms with Crippen LogP contribution in [0.15, 0.2) is 18.2 Å². The first-order valence-electron chi connectivity index (χ1n) is 6.82. The maximum Gasteiger partial charge on any atom is 0.337 e. The SMILES string of the molecule is COC(=O)c1ccc(NS(=O)(=O)C[C@@H](C)OC)c(OCCO)c1. The Balaban J connectivity index is 3.06. The third kappa shape index (κ3) is 6.05. The third-order valence-corrected chi connectivity index (χ3v) is 4.31. The average Bonchev–Trinajstić information content (AvgIpc) is 2.52. The van der Waals surface area contributed by atoms with Crippen molar-refractivity contribution in [3.63, 3.8) is 0 Å². The Morgan fingerprint density at radius 3 is 2.61 bits per heavy atom. The number of rotatable bonds is 9. The van der Waals surface area contributed by atoms with Crippen LogP contribution in [0, 0.1) is 0 Å². The number of benzene rings is 1. The second-order valence-electron chi connectivity index (χ2n) is 4.70. The minimum atomic E-state index is -3.67. The number of hydrogen-bond donors (Lipinski definition) is 2. The number of anilines is 1. The van der Waals surface area contributed by atoms with Crippen molar-refractivity contribution in [1.82, 2.24) is 0 Å². The van der Waals surface area contributed by atoms with E-state index in [9.17, 15) is 13.2 Å². The molecule has 23 heavy (non-hydrogen) atoms. The lowest BCUT2D eigenvalue weighted by Gasteiger charge is -2.16. The Morgan fingerprint density at radius 2 is 2.04 bits per heavy atom. The van der Waals surface area contributed by atoms with E-state index in [-0.39, 0.29) is 36.0 Å². The fraction of sp³-hybridized carbons (Fsp3) is 0.500. The molecule has 0 amide bonds. The Morgan fingerprint density at radius 1 is 1.35 bits per heavy atom. The van der Waals surface area contributed by atoms with E-state index >= 15 is 0 Å². The summed E-state index contributed by atoms with van der Waals surface area (Å²) in [6.07, 6.45) is -0.483. The van der Waals surface area contributed by atoms with Crippen LogP contribution in [0.1, 0.15) is 17.3 Å². The lowest BCUT2D eigenvalue weighted by molar-refractivity contribution is 0.0600. The van der Waals surface area contributed by atoms with Gasteiger partial charge >= 0.3 is 5.97 Å². The molecule has 0 fully saturated rings. The van der Waals surface area contributed by atoms with Gasteiger partial charge in [0.2, 0.25) is 10.0 Å². The molecule has 1 rings (SSSR count). The molecule has 1 atom stereocenters. The van der Waals surface area contributed by atoms with Gasteiger partial charge in [0.15, 0.2) is 0 Å². The maximum absolute atomic E-state index is 12.1.